The van der Waals surface area contributed by atoms with E-state index in [1.54, 1.807) is 7.11 Å². The van der Waals surface area contributed by atoms with Crippen molar-refractivity contribution >= 4 is 23.4 Å². The van der Waals surface area contributed by atoms with Gasteiger partial charge >= 0.3 is 0 Å². The number of benzene rings is 2. The van der Waals surface area contributed by atoms with Crippen LogP contribution in [-0.4, -0.2) is 40.1 Å². The molecular weight excluding hydrogens is 384 g/mol. The molecule has 0 radical (unpaired) electrons. The van der Waals surface area contributed by atoms with Crippen molar-refractivity contribution in [2.75, 3.05) is 24.8 Å². The molecule has 152 valence electrons. The number of aryl methyl sites for hydroxylation is 2. The molecule has 1 N–H and O–H groups in total. The number of amides is 1. The summed E-state index contributed by atoms with van der Waals surface area (Å²) in [7, 11) is 1.67. The fraction of sp³-hybridized carbons (Fsp3) is 0.318. The van der Waals surface area contributed by atoms with Crippen LogP contribution in [0.5, 0.6) is 0 Å². The summed E-state index contributed by atoms with van der Waals surface area (Å²) in [6.45, 7) is 5.23. The summed E-state index contributed by atoms with van der Waals surface area (Å²) in [6, 6.07) is 16.1. The summed E-state index contributed by atoms with van der Waals surface area (Å²) in [5, 5.41) is 12.4. The maximum Gasteiger partial charge on any atom is 0.234 e. The zero-order valence-corrected chi connectivity index (χ0v) is 17.8. The van der Waals surface area contributed by atoms with Gasteiger partial charge in [-0.2, -0.15) is 0 Å². The molecule has 2 aromatic carbocycles. The molecule has 0 spiro atoms. The Bertz CT molecular complexity index is 957. The smallest absolute Gasteiger partial charge is 0.234 e. The van der Waals surface area contributed by atoms with Crippen molar-refractivity contribution in [2.24, 2.45) is 0 Å². The summed E-state index contributed by atoms with van der Waals surface area (Å²) in [4.78, 5) is 12.4. The SMILES string of the molecule is COCCn1c(Cc2ccccc2)nnc1SCC(=O)Nc1ccc(C)cc1C. The van der Waals surface area contributed by atoms with E-state index in [0.29, 0.717) is 19.6 Å². The molecule has 3 aromatic rings. The number of anilines is 1. The molecule has 0 unspecified atom stereocenters. The van der Waals surface area contributed by atoms with Crippen LogP contribution in [0.2, 0.25) is 0 Å². The first-order chi connectivity index (χ1) is 14.1. The van der Waals surface area contributed by atoms with Crippen molar-refractivity contribution in [2.45, 2.75) is 32.0 Å². The molecule has 0 aliphatic heterocycles. The third kappa shape index (κ3) is 5.92. The lowest BCUT2D eigenvalue weighted by Gasteiger charge is -2.11. The van der Waals surface area contributed by atoms with Crippen LogP contribution in [0.15, 0.2) is 53.7 Å². The summed E-state index contributed by atoms with van der Waals surface area (Å²) >= 11 is 1.39. The van der Waals surface area contributed by atoms with Crippen molar-refractivity contribution in [1.29, 1.82) is 0 Å². The van der Waals surface area contributed by atoms with E-state index < -0.39 is 0 Å². The Morgan fingerprint density at radius 3 is 2.66 bits per heavy atom. The molecule has 0 bridgehead atoms. The second-order valence-corrected chi connectivity index (χ2v) is 7.80. The van der Waals surface area contributed by atoms with Gasteiger partial charge in [0.05, 0.1) is 12.4 Å². The van der Waals surface area contributed by atoms with Gasteiger partial charge in [-0.15, -0.1) is 10.2 Å². The monoisotopic (exact) mass is 410 g/mol. The third-order valence-electron chi connectivity index (χ3n) is 4.51. The van der Waals surface area contributed by atoms with Gasteiger partial charge < -0.3 is 14.6 Å². The molecule has 3 rings (SSSR count). The number of nitrogens with one attached hydrogen (secondary N) is 1. The highest BCUT2D eigenvalue weighted by Crippen LogP contribution is 2.21. The average molecular weight is 411 g/mol. The van der Waals surface area contributed by atoms with Crippen LogP contribution in [0.25, 0.3) is 0 Å². The Hall–Kier alpha value is -2.64. The molecule has 0 aliphatic carbocycles. The summed E-state index contributed by atoms with van der Waals surface area (Å²) in [5.74, 6) is 1.07. The highest BCUT2D eigenvalue weighted by Gasteiger charge is 2.15. The second kappa shape index (κ2) is 10.2. The van der Waals surface area contributed by atoms with Gasteiger partial charge in [-0.05, 0) is 31.0 Å². The third-order valence-corrected chi connectivity index (χ3v) is 5.47. The molecule has 1 heterocycles. The number of hydrogen-bond donors (Lipinski definition) is 1. The number of methoxy groups -OCH3 is 1. The molecule has 0 atom stereocenters. The van der Waals surface area contributed by atoms with Crippen molar-refractivity contribution < 1.29 is 9.53 Å². The van der Waals surface area contributed by atoms with E-state index in [1.165, 1.54) is 22.9 Å². The van der Waals surface area contributed by atoms with E-state index in [9.17, 15) is 4.79 Å². The minimum absolute atomic E-state index is 0.0622. The van der Waals surface area contributed by atoms with E-state index in [1.807, 2.05) is 48.7 Å². The van der Waals surface area contributed by atoms with Crippen LogP contribution >= 0.6 is 11.8 Å². The van der Waals surface area contributed by atoms with Crippen LogP contribution < -0.4 is 5.32 Å². The Morgan fingerprint density at radius 1 is 1.14 bits per heavy atom. The van der Waals surface area contributed by atoms with Crippen molar-refractivity contribution in [1.82, 2.24) is 14.8 Å². The first kappa shape index (κ1) is 21.1. The molecular formula is C22H26N4O2S. The maximum atomic E-state index is 12.4. The molecule has 0 saturated carbocycles. The van der Waals surface area contributed by atoms with Gasteiger partial charge in [0, 0.05) is 25.8 Å². The first-order valence-electron chi connectivity index (χ1n) is 9.51. The lowest BCUT2D eigenvalue weighted by Crippen LogP contribution is -2.16. The quantitative estimate of drug-likeness (QED) is 0.543. The molecule has 0 aliphatic rings. The van der Waals surface area contributed by atoms with Crippen LogP contribution in [0.4, 0.5) is 5.69 Å². The molecule has 1 amide bonds. The summed E-state index contributed by atoms with van der Waals surface area (Å²) in [5.41, 5.74) is 4.23. The van der Waals surface area contributed by atoms with E-state index >= 15 is 0 Å². The van der Waals surface area contributed by atoms with Gasteiger partial charge in [-0.25, -0.2) is 0 Å². The fourth-order valence-corrected chi connectivity index (χ4v) is 3.80. The number of rotatable bonds is 9. The number of nitrogens with zero attached hydrogens (tertiary/aromatic N) is 3. The van der Waals surface area contributed by atoms with Gasteiger partial charge in [-0.3, -0.25) is 4.79 Å². The van der Waals surface area contributed by atoms with Gasteiger partial charge in [-0.1, -0.05) is 59.8 Å². The Balaban J connectivity index is 1.66. The van der Waals surface area contributed by atoms with Crippen LogP contribution in [0.1, 0.15) is 22.5 Å². The first-order valence-corrected chi connectivity index (χ1v) is 10.5. The number of carbonyl (C=O) groups is 1. The van der Waals surface area contributed by atoms with Gasteiger partial charge in [0.25, 0.3) is 0 Å². The predicted molar refractivity (Wildman–Crippen MR) is 116 cm³/mol. The number of ether oxygens (including phenoxy) is 1. The Morgan fingerprint density at radius 2 is 1.93 bits per heavy atom. The van der Waals surface area contributed by atoms with Crippen molar-refractivity contribution in [3.8, 4) is 0 Å². The molecule has 0 fully saturated rings. The summed E-state index contributed by atoms with van der Waals surface area (Å²) < 4.78 is 7.27. The van der Waals surface area contributed by atoms with Gasteiger partial charge in [0.2, 0.25) is 5.91 Å². The topological polar surface area (TPSA) is 69.0 Å². The fourth-order valence-electron chi connectivity index (χ4n) is 3.01. The highest BCUT2D eigenvalue weighted by molar-refractivity contribution is 7.99. The van der Waals surface area contributed by atoms with Crippen LogP contribution in [-0.2, 0) is 22.5 Å². The number of aromatic nitrogens is 3. The Labute approximate surface area is 175 Å². The van der Waals surface area contributed by atoms with Crippen molar-refractivity contribution in [3.05, 3.63) is 71.0 Å². The normalized spacial score (nSPS) is 10.9. The number of carbonyl (C=O) groups excluding carboxylic acids is 1. The second-order valence-electron chi connectivity index (χ2n) is 6.86. The standard InChI is InChI=1S/C22H26N4O2S/c1-16-9-10-19(17(2)13-16)23-21(27)15-29-22-25-24-20(26(22)11-12-28-3)14-18-7-5-4-6-8-18/h4-10,13H,11-12,14-15H2,1-3H3,(H,23,27). The van der Waals surface area contributed by atoms with Crippen LogP contribution in [0, 0.1) is 13.8 Å². The van der Waals surface area contributed by atoms with E-state index in [2.05, 4.69) is 33.7 Å². The minimum atomic E-state index is -0.0622. The van der Waals surface area contributed by atoms with E-state index in [4.69, 9.17) is 4.74 Å². The minimum Gasteiger partial charge on any atom is -0.383 e. The van der Waals surface area contributed by atoms with Gasteiger partial charge in [0.1, 0.15) is 5.82 Å². The van der Waals surface area contributed by atoms with Crippen molar-refractivity contribution in [3.63, 3.8) is 0 Å². The number of hydrogen-bond acceptors (Lipinski definition) is 5. The average Bonchev–Trinajstić information content (AvgIpc) is 3.09. The lowest BCUT2D eigenvalue weighted by molar-refractivity contribution is -0.113. The molecule has 6 nitrogen and oxygen atoms in total. The molecule has 7 heteroatoms. The zero-order valence-electron chi connectivity index (χ0n) is 17.0. The Kier molecular flexibility index (Phi) is 7.43. The maximum absolute atomic E-state index is 12.4. The molecule has 1 aromatic heterocycles. The van der Waals surface area contributed by atoms with Crippen LogP contribution in [0.3, 0.4) is 0 Å². The molecule has 29 heavy (non-hydrogen) atoms. The van der Waals surface area contributed by atoms with E-state index in [0.717, 1.165) is 22.2 Å². The van der Waals surface area contributed by atoms with Gasteiger partial charge in [0.15, 0.2) is 5.16 Å². The number of thioether (sulfide) groups is 1. The predicted octanol–water partition coefficient (Wildman–Crippen LogP) is 3.86. The highest BCUT2D eigenvalue weighted by atomic mass is 32.2. The molecule has 0 saturated heterocycles. The van der Waals surface area contributed by atoms with E-state index in [-0.39, 0.29) is 11.7 Å². The lowest BCUT2D eigenvalue weighted by atomic mass is 10.1. The largest absolute Gasteiger partial charge is 0.383 e. The summed E-state index contributed by atoms with van der Waals surface area (Å²) in [6.07, 6.45) is 0.687. The zero-order chi connectivity index (χ0) is 20.6.